The van der Waals surface area contributed by atoms with Crippen molar-refractivity contribution in [1.29, 1.82) is 5.26 Å². The Kier molecular flexibility index (Phi) is 3.50. The number of hydrogen-bond donors (Lipinski definition) is 0. The summed E-state index contributed by atoms with van der Waals surface area (Å²) in [7, 11) is 0. The second kappa shape index (κ2) is 4.43. The van der Waals surface area contributed by atoms with Crippen LogP contribution in [0.3, 0.4) is 0 Å². The Balaban J connectivity index is 2.46. The van der Waals surface area contributed by atoms with Gasteiger partial charge in [0, 0.05) is 13.1 Å². The molecule has 1 aliphatic heterocycles. The summed E-state index contributed by atoms with van der Waals surface area (Å²) >= 11 is 2.98. The van der Waals surface area contributed by atoms with Crippen LogP contribution in [0.2, 0.25) is 0 Å². The molecule has 0 bridgehead atoms. The monoisotopic (exact) mass is 232 g/mol. The lowest BCUT2D eigenvalue weighted by Crippen LogP contribution is -2.43. The first-order valence-electron chi connectivity index (χ1n) is 3.66. The maximum absolute atomic E-state index is 11.3. The summed E-state index contributed by atoms with van der Waals surface area (Å²) in [5.41, 5.74) is 0. The maximum Gasteiger partial charge on any atom is 0.250 e. The molecule has 1 fully saturated rings. The number of carbonyl (C=O) groups is 1. The third-order valence-electron chi connectivity index (χ3n) is 1.65. The van der Waals surface area contributed by atoms with Gasteiger partial charge in [-0.3, -0.25) is 4.79 Å². The average molecular weight is 233 g/mol. The van der Waals surface area contributed by atoms with Crippen LogP contribution in [-0.2, 0) is 9.53 Å². The number of amides is 1. The largest absolute Gasteiger partial charge is 0.378 e. The van der Waals surface area contributed by atoms with Crippen LogP contribution in [0.15, 0.2) is 0 Å². The van der Waals surface area contributed by atoms with Crippen molar-refractivity contribution < 1.29 is 9.53 Å². The van der Waals surface area contributed by atoms with E-state index in [9.17, 15) is 4.79 Å². The molecule has 0 radical (unpaired) electrons. The van der Waals surface area contributed by atoms with E-state index in [2.05, 4.69) is 15.9 Å². The van der Waals surface area contributed by atoms with Crippen molar-refractivity contribution in [2.24, 2.45) is 0 Å². The molecule has 12 heavy (non-hydrogen) atoms. The van der Waals surface area contributed by atoms with Crippen LogP contribution in [-0.4, -0.2) is 41.9 Å². The Labute approximate surface area is 79.2 Å². The molecule has 1 rings (SSSR count). The number of rotatable bonds is 1. The number of nitrogens with zero attached hydrogens (tertiary/aromatic N) is 2. The van der Waals surface area contributed by atoms with Crippen molar-refractivity contribution in [2.45, 2.75) is 4.83 Å². The fraction of sp³-hybridized carbons (Fsp3) is 0.714. The van der Waals surface area contributed by atoms with Gasteiger partial charge in [-0.2, -0.15) is 5.26 Å². The van der Waals surface area contributed by atoms with Crippen molar-refractivity contribution in [3.05, 3.63) is 0 Å². The smallest absolute Gasteiger partial charge is 0.250 e. The summed E-state index contributed by atoms with van der Waals surface area (Å²) < 4.78 is 5.07. The fourth-order valence-corrected chi connectivity index (χ4v) is 1.29. The molecule has 0 aromatic rings. The third-order valence-corrected chi connectivity index (χ3v) is 2.25. The average Bonchev–Trinajstić information content (AvgIpc) is 2.17. The van der Waals surface area contributed by atoms with E-state index in [1.807, 2.05) is 6.07 Å². The zero-order chi connectivity index (χ0) is 8.97. The lowest BCUT2D eigenvalue weighted by molar-refractivity contribution is -0.133. The van der Waals surface area contributed by atoms with Crippen molar-refractivity contribution in [3.8, 4) is 6.07 Å². The van der Waals surface area contributed by atoms with E-state index in [0.717, 1.165) is 0 Å². The minimum Gasteiger partial charge on any atom is -0.378 e. The molecule has 0 aromatic carbocycles. The van der Waals surface area contributed by atoms with Crippen molar-refractivity contribution in [3.63, 3.8) is 0 Å². The van der Waals surface area contributed by atoms with E-state index in [-0.39, 0.29) is 5.91 Å². The fourth-order valence-electron chi connectivity index (χ4n) is 0.999. The second-order valence-corrected chi connectivity index (χ2v) is 3.34. The molecule has 0 aliphatic carbocycles. The number of ether oxygens (including phenoxy) is 1. The van der Waals surface area contributed by atoms with E-state index in [0.29, 0.717) is 26.3 Å². The summed E-state index contributed by atoms with van der Waals surface area (Å²) in [5.74, 6) is -0.166. The number of morpholine rings is 1. The van der Waals surface area contributed by atoms with E-state index in [1.54, 1.807) is 4.90 Å². The number of nitriles is 1. The normalized spacial score (nSPS) is 19.8. The van der Waals surface area contributed by atoms with Gasteiger partial charge >= 0.3 is 0 Å². The van der Waals surface area contributed by atoms with Crippen LogP contribution < -0.4 is 0 Å². The molecule has 0 aromatic heterocycles. The summed E-state index contributed by atoms with van der Waals surface area (Å²) in [6.07, 6.45) is 0. The quantitative estimate of drug-likeness (QED) is 0.605. The molecule has 1 atom stereocenters. The van der Waals surface area contributed by atoms with Gasteiger partial charge in [-0.15, -0.1) is 0 Å². The van der Waals surface area contributed by atoms with Crippen molar-refractivity contribution in [2.75, 3.05) is 26.3 Å². The summed E-state index contributed by atoms with van der Waals surface area (Å²) in [4.78, 5) is 12.2. The van der Waals surface area contributed by atoms with Crippen LogP contribution in [0, 0.1) is 11.3 Å². The lowest BCUT2D eigenvalue weighted by atomic mass is 10.3. The minimum absolute atomic E-state index is 0.166. The predicted molar refractivity (Wildman–Crippen MR) is 45.7 cm³/mol. The summed E-state index contributed by atoms with van der Waals surface area (Å²) in [6, 6.07) is 1.85. The van der Waals surface area contributed by atoms with Gasteiger partial charge in [0.1, 0.15) is 0 Å². The highest BCUT2D eigenvalue weighted by Gasteiger charge is 2.22. The molecule has 1 heterocycles. The van der Waals surface area contributed by atoms with Crippen LogP contribution in [0.4, 0.5) is 0 Å². The number of hydrogen-bond acceptors (Lipinski definition) is 3. The van der Waals surface area contributed by atoms with Gasteiger partial charge in [0.25, 0.3) is 5.91 Å². The van der Waals surface area contributed by atoms with Crippen LogP contribution in [0.25, 0.3) is 0 Å². The summed E-state index contributed by atoms with van der Waals surface area (Å²) in [6.45, 7) is 2.30. The van der Waals surface area contributed by atoms with Gasteiger partial charge in [0.2, 0.25) is 0 Å². The molecule has 4 nitrogen and oxygen atoms in total. The molecular formula is C7H9BrN2O2. The molecule has 0 saturated carbocycles. The standard InChI is InChI=1S/C7H9BrN2O2/c8-6(5-9)7(11)10-1-3-12-4-2-10/h6H,1-4H2. The van der Waals surface area contributed by atoms with Crippen LogP contribution >= 0.6 is 15.9 Å². The van der Waals surface area contributed by atoms with Gasteiger partial charge in [0.15, 0.2) is 4.83 Å². The Morgan fingerprint density at radius 3 is 2.67 bits per heavy atom. The SMILES string of the molecule is N#CC(Br)C(=O)N1CCOCC1. The van der Waals surface area contributed by atoms with E-state index < -0.39 is 4.83 Å². The van der Waals surface area contributed by atoms with Gasteiger partial charge in [0.05, 0.1) is 19.3 Å². The second-order valence-electron chi connectivity index (χ2n) is 2.43. The Morgan fingerprint density at radius 2 is 2.17 bits per heavy atom. The van der Waals surface area contributed by atoms with Gasteiger partial charge in [-0.05, 0) is 0 Å². The molecule has 1 unspecified atom stereocenters. The van der Waals surface area contributed by atoms with Crippen LogP contribution in [0.1, 0.15) is 0 Å². The van der Waals surface area contributed by atoms with Gasteiger partial charge in [-0.1, -0.05) is 15.9 Å². The zero-order valence-electron chi connectivity index (χ0n) is 6.49. The van der Waals surface area contributed by atoms with Crippen molar-refractivity contribution in [1.82, 2.24) is 4.90 Å². The molecule has 5 heteroatoms. The first kappa shape index (κ1) is 9.49. The van der Waals surface area contributed by atoms with Gasteiger partial charge < -0.3 is 9.64 Å². The van der Waals surface area contributed by atoms with Crippen LogP contribution in [0.5, 0.6) is 0 Å². The zero-order valence-corrected chi connectivity index (χ0v) is 8.08. The van der Waals surface area contributed by atoms with E-state index in [4.69, 9.17) is 10.00 Å². The topological polar surface area (TPSA) is 53.3 Å². The Morgan fingerprint density at radius 1 is 1.58 bits per heavy atom. The molecular weight excluding hydrogens is 224 g/mol. The minimum atomic E-state index is -0.712. The number of alkyl halides is 1. The highest BCUT2D eigenvalue weighted by molar-refractivity contribution is 9.10. The van der Waals surface area contributed by atoms with E-state index >= 15 is 0 Å². The Bertz CT molecular complexity index is 208. The highest BCUT2D eigenvalue weighted by Crippen LogP contribution is 2.06. The molecule has 66 valence electrons. The lowest BCUT2D eigenvalue weighted by Gasteiger charge is -2.27. The molecule has 1 aliphatic rings. The summed E-state index contributed by atoms with van der Waals surface area (Å²) in [5, 5.41) is 8.46. The highest BCUT2D eigenvalue weighted by atomic mass is 79.9. The first-order chi connectivity index (χ1) is 5.75. The first-order valence-corrected chi connectivity index (χ1v) is 4.57. The van der Waals surface area contributed by atoms with E-state index in [1.165, 1.54) is 0 Å². The molecule has 1 amide bonds. The number of carbonyl (C=O) groups excluding carboxylic acids is 1. The Hall–Kier alpha value is -0.600. The number of halogens is 1. The molecule has 0 spiro atoms. The maximum atomic E-state index is 11.3. The predicted octanol–water partition coefficient (Wildman–Crippen LogP) is 0.132. The third kappa shape index (κ3) is 2.19. The molecule has 0 N–H and O–H groups in total. The molecule has 1 saturated heterocycles. The van der Waals surface area contributed by atoms with Crippen molar-refractivity contribution >= 4 is 21.8 Å². The van der Waals surface area contributed by atoms with Gasteiger partial charge in [-0.25, -0.2) is 0 Å².